The number of thiazole rings is 1. The van der Waals surface area contributed by atoms with Gasteiger partial charge in [0.1, 0.15) is 54.0 Å². The lowest BCUT2D eigenvalue weighted by molar-refractivity contribution is -0.144. The summed E-state index contributed by atoms with van der Waals surface area (Å²) in [6.45, 7) is 18.6. The van der Waals surface area contributed by atoms with E-state index in [1.54, 1.807) is 61.7 Å². The van der Waals surface area contributed by atoms with Crippen molar-refractivity contribution in [1.29, 1.82) is 0 Å². The Kier molecular flexibility index (Phi) is 16.3. The molecule has 0 bridgehead atoms. The Morgan fingerprint density at radius 1 is 1.00 bits per heavy atom. The molecule has 2 saturated heterocycles. The number of pyridine rings is 2. The second-order valence-electron chi connectivity index (χ2n) is 21.5. The highest BCUT2D eigenvalue weighted by molar-refractivity contribution is 7.13. The van der Waals surface area contributed by atoms with Crippen LogP contribution in [0.3, 0.4) is 0 Å². The summed E-state index contributed by atoms with van der Waals surface area (Å²) in [4.78, 5) is 92.7. The van der Waals surface area contributed by atoms with E-state index in [2.05, 4.69) is 42.5 Å². The molecule has 7 heterocycles. The first-order valence-electron chi connectivity index (χ1n) is 26.2. The molecule has 9 rings (SSSR count). The number of ether oxygens (including phenoxy) is 1. The van der Waals surface area contributed by atoms with Crippen LogP contribution in [0.2, 0.25) is 0 Å². The number of nitrogens with one attached hydrogen (secondary N) is 2. The van der Waals surface area contributed by atoms with Crippen LogP contribution in [0, 0.1) is 30.9 Å². The Balaban J connectivity index is 0.921. The topological polar surface area (TPSA) is 236 Å². The van der Waals surface area contributed by atoms with Gasteiger partial charge in [-0.25, -0.2) is 32.8 Å². The van der Waals surface area contributed by atoms with Gasteiger partial charge in [-0.3, -0.25) is 24.2 Å². The maximum Gasteiger partial charge on any atom is 0.355 e. The lowest BCUT2D eigenvalue weighted by atomic mass is 9.85. The van der Waals surface area contributed by atoms with Crippen LogP contribution in [0.4, 0.5) is 14.6 Å². The van der Waals surface area contributed by atoms with E-state index in [0.717, 1.165) is 27.8 Å². The van der Waals surface area contributed by atoms with Crippen molar-refractivity contribution in [3.63, 3.8) is 0 Å². The number of rotatable bonds is 16. The second kappa shape index (κ2) is 23.2. The van der Waals surface area contributed by atoms with Gasteiger partial charge >= 0.3 is 5.69 Å². The predicted molar refractivity (Wildman–Crippen MR) is 297 cm³/mol. The standard InChI is InChI=1S/C57H63F2N13O7S/c1-10-45(75)68-20-21-70(33(5)25-68)52-39-23-41(59)48(64-53(39)72(56(78)65-52)49-32(4)18-19-60-47(49)31(2)3)46-40(58)12-11-13-43(46)79-29-37-26-69(67-66-37)28-44(74)63-51(57(7,8)9)55(77)71-27-38(73)22-42(71)54(76)61-24-35-14-16-36(17-15-35)50-34(6)62-30-80-50/h10-19,23,26,30-31,33,38,42,51,73H,1,20-22,24-25,27-29H2,2-9H3,(H,61,76)(H,63,74)/t33-,38+,42-,51+/m0/s1. The highest BCUT2D eigenvalue weighted by atomic mass is 32.1. The van der Waals surface area contributed by atoms with Gasteiger partial charge in [0, 0.05) is 51.4 Å². The van der Waals surface area contributed by atoms with E-state index < -0.39 is 64.3 Å². The molecule has 2 aliphatic heterocycles. The number of carbonyl (C=O) groups is 4. The largest absolute Gasteiger partial charge is 0.486 e. The van der Waals surface area contributed by atoms with Gasteiger partial charge in [-0.2, -0.15) is 4.98 Å². The van der Waals surface area contributed by atoms with Gasteiger partial charge in [-0.05, 0) is 79.1 Å². The number of aromatic nitrogens is 8. The Morgan fingerprint density at radius 3 is 2.45 bits per heavy atom. The molecule has 0 saturated carbocycles. The summed E-state index contributed by atoms with van der Waals surface area (Å²) >= 11 is 1.54. The number of aliphatic hydroxyl groups excluding tert-OH is 1. The summed E-state index contributed by atoms with van der Waals surface area (Å²) < 4.78 is 41.9. The number of fused-ring (bicyclic) bond motifs is 1. The molecule has 0 aliphatic carbocycles. The fourth-order valence-corrected chi connectivity index (χ4v) is 11.0. The van der Waals surface area contributed by atoms with Gasteiger partial charge in [0.2, 0.25) is 23.6 Å². The number of β-amino-alcohol motifs (C(OH)–C–C–N with tert-alkyl or cyclic N) is 1. The Hall–Kier alpha value is -8.31. The minimum Gasteiger partial charge on any atom is -0.486 e. The third kappa shape index (κ3) is 11.7. The fraction of sp³-hybridized carbons (Fsp3) is 0.386. The number of benzene rings is 2. The molecule has 4 atom stereocenters. The average Bonchev–Trinajstić information content (AvgIpc) is 4.21. The summed E-state index contributed by atoms with van der Waals surface area (Å²) in [7, 11) is 0. The van der Waals surface area contributed by atoms with Gasteiger partial charge in [0.25, 0.3) is 0 Å². The van der Waals surface area contributed by atoms with Crippen LogP contribution in [-0.2, 0) is 38.9 Å². The van der Waals surface area contributed by atoms with E-state index in [4.69, 9.17) is 9.72 Å². The minimum absolute atomic E-state index is 0.0170. The van der Waals surface area contributed by atoms with Crippen LogP contribution >= 0.6 is 11.3 Å². The first kappa shape index (κ1) is 56.4. The van der Waals surface area contributed by atoms with E-state index in [1.807, 2.05) is 56.9 Å². The van der Waals surface area contributed by atoms with Gasteiger partial charge in [0.15, 0.2) is 11.5 Å². The lowest BCUT2D eigenvalue weighted by Crippen LogP contribution is -2.58. The molecule has 0 unspecified atom stereocenters. The monoisotopic (exact) mass is 1110 g/mol. The molecule has 80 heavy (non-hydrogen) atoms. The number of nitrogens with zero attached hydrogens (tertiary/aromatic N) is 11. The molecule has 7 aromatic rings. The molecule has 23 heteroatoms. The highest BCUT2D eigenvalue weighted by Gasteiger charge is 2.44. The van der Waals surface area contributed by atoms with Gasteiger partial charge in [0.05, 0.1) is 50.7 Å². The fourth-order valence-electron chi connectivity index (χ4n) is 10.2. The van der Waals surface area contributed by atoms with Crippen molar-refractivity contribution in [2.75, 3.05) is 31.1 Å². The van der Waals surface area contributed by atoms with E-state index in [-0.39, 0.29) is 104 Å². The number of hydrogen-bond donors (Lipinski definition) is 3. The molecular formula is C57H63F2N13O7S. The molecular weight excluding hydrogens is 1050 g/mol. The van der Waals surface area contributed by atoms with Crippen molar-refractivity contribution in [2.24, 2.45) is 5.41 Å². The average molecular weight is 1110 g/mol. The molecule has 2 aromatic carbocycles. The number of halogens is 2. The quantitative estimate of drug-likeness (QED) is 0.0917. The van der Waals surface area contributed by atoms with Crippen molar-refractivity contribution in [1.82, 2.24) is 59.9 Å². The maximum atomic E-state index is 16.9. The first-order chi connectivity index (χ1) is 38.1. The van der Waals surface area contributed by atoms with Crippen LogP contribution in [0.5, 0.6) is 5.75 Å². The summed E-state index contributed by atoms with van der Waals surface area (Å²) in [6.07, 6.45) is 3.35. The predicted octanol–water partition coefficient (Wildman–Crippen LogP) is 6.19. The van der Waals surface area contributed by atoms with Gasteiger partial charge in [-0.1, -0.05) is 76.7 Å². The third-order valence-corrected chi connectivity index (χ3v) is 15.3. The zero-order chi connectivity index (χ0) is 57.3. The normalized spacial score (nSPS) is 17.0. The molecule has 0 spiro atoms. The van der Waals surface area contributed by atoms with Crippen molar-refractivity contribution in [3.05, 3.63) is 135 Å². The summed E-state index contributed by atoms with van der Waals surface area (Å²) in [6, 6.07) is 12.1. The van der Waals surface area contributed by atoms with Crippen molar-refractivity contribution < 1.29 is 37.8 Å². The van der Waals surface area contributed by atoms with Crippen LogP contribution in [0.1, 0.15) is 82.1 Å². The number of hydrogen-bond acceptors (Lipinski definition) is 15. The lowest BCUT2D eigenvalue weighted by Gasteiger charge is -2.40. The van der Waals surface area contributed by atoms with Crippen molar-refractivity contribution in [2.45, 2.75) is 112 Å². The van der Waals surface area contributed by atoms with E-state index in [0.29, 0.717) is 16.9 Å². The summed E-state index contributed by atoms with van der Waals surface area (Å²) in [5, 5.41) is 24.8. The van der Waals surface area contributed by atoms with Crippen LogP contribution in [0.25, 0.3) is 38.4 Å². The zero-order valence-electron chi connectivity index (χ0n) is 45.7. The number of amides is 4. The van der Waals surface area contributed by atoms with Crippen molar-refractivity contribution >= 4 is 51.8 Å². The molecule has 4 amide bonds. The Labute approximate surface area is 464 Å². The number of aliphatic hydroxyl groups is 1. The van der Waals surface area contributed by atoms with E-state index in [1.165, 1.54) is 44.6 Å². The second-order valence-corrected chi connectivity index (χ2v) is 22.4. The van der Waals surface area contributed by atoms with Gasteiger partial charge < -0.3 is 35.2 Å². The molecule has 418 valence electrons. The molecule has 0 radical (unpaired) electrons. The first-order valence-corrected chi connectivity index (χ1v) is 27.1. The maximum absolute atomic E-state index is 16.9. The SMILES string of the molecule is C=CC(=O)N1CCN(c2nc(=O)n(-c3c(C)ccnc3C(C)C)c3nc(-c4c(F)cccc4OCc4cn(CC(=O)N[C@H](C(=O)N5C[C@H](O)C[C@H]5C(=O)NCc5ccc(-c6scnc6C)cc5)C(C)(C)C)nn4)c(F)cc23)[C@@H](C)C1. The highest BCUT2D eigenvalue weighted by Crippen LogP contribution is 2.38. The number of anilines is 1. The van der Waals surface area contributed by atoms with Gasteiger partial charge in [-0.15, -0.1) is 16.4 Å². The van der Waals surface area contributed by atoms with Crippen molar-refractivity contribution in [3.8, 4) is 33.1 Å². The number of likely N-dealkylation sites (tertiary alicyclic amines) is 1. The Morgan fingerprint density at radius 2 is 1.76 bits per heavy atom. The number of aryl methyl sites for hydroxylation is 2. The number of carbonyl (C=O) groups excluding carboxylic acids is 4. The van der Waals surface area contributed by atoms with E-state index >= 15 is 8.78 Å². The Bertz CT molecular complexity index is 3580. The summed E-state index contributed by atoms with van der Waals surface area (Å²) in [5.74, 6) is -3.79. The molecule has 3 N–H and O–H groups in total. The molecule has 20 nitrogen and oxygen atoms in total. The molecule has 2 aliphatic rings. The molecule has 5 aromatic heterocycles. The number of piperazine rings is 1. The van der Waals surface area contributed by atoms with Crippen LogP contribution in [0.15, 0.2) is 90.0 Å². The minimum atomic E-state index is -1.11. The summed E-state index contributed by atoms with van der Waals surface area (Å²) in [5.41, 5.74) is 4.02. The third-order valence-electron chi connectivity index (χ3n) is 14.3. The zero-order valence-corrected chi connectivity index (χ0v) is 46.6. The molecule has 2 fully saturated rings. The smallest absolute Gasteiger partial charge is 0.355 e. The van der Waals surface area contributed by atoms with Crippen LogP contribution in [-0.4, -0.2) is 128 Å². The van der Waals surface area contributed by atoms with Crippen LogP contribution < -0.4 is 26.0 Å². The van der Waals surface area contributed by atoms with E-state index in [9.17, 15) is 29.1 Å².